The molecule has 1 aliphatic rings. The van der Waals surface area contributed by atoms with Crippen LogP contribution in [-0.2, 0) is 9.53 Å². The molecule has 0 bridgehead atoms. The Kier molecular flexibility index (Phi) is 3.81. The minimum absolute atomic E-state index is 0.109. The van der Waals surface area contributed by atoms with Crippen molar-refractivity contribution in [3.05, 3.63) is 0 Å². The highest BCUT2D eigenvalue weighted by Gasteiger charge is 2.31. The number of ether oxygens (including phenoxy) is 1. The molecule has 7 heteroatoms. The number of alkyl halides is 2. The quantitative estimate of drug-likeness (QED) is 0.726. The van der Waals surface area contributed by atoms with Crippen LogP contribution in [0.2, 0.25) is 0 Å². The van der Waals surface area contributed by atoms with Gasteiger partial charge >= 0.3 is 12.5 Å². The molecule has 0 aliphatic carbocycles. The molecular weight excluding hydrogens is 210 g/mol. The number of halogens is 2. The Morgan fingerprint density at radius 1 is 1.53 bits per heavy atom. The Morgan fingerprint density at radius 2 is 2.20 bits per heavy atom. The highest BCUT2D eigenvalue weighted by atomic mass is 19.3. The van der Waals surface area contributed by atoms with Crippen molar-refractivity contribution < 1.29 is 23.1 Å². The molecule has 5 nitrogen and oxygen atoms in total. The predicted molar refractivity (Wildman–Crippen MR) is 46.5 cm³/mol. The number of alkyl carbamates (subject to hydrolysis) is 1. The van der Waals surface area contributed by atoms with Crippen LogP contribution in [0.3, 0.4) is 0 Å². The minimum atomic E-state index is -2.98. The standard InChI is InChI=1S/C8H12F2N2O3/c1-15-8(14)11-5-2-3-12(4-5)7(13)6(9)10/h5-6H,2-4H2,1H3,(H,11,14). The molecule has 1 unspecified atom stereocenters. The van der Waals surface area contributed by atoms with E-state index in [0.717, 1.165) is 4.90 Å². The van der Waals surface area contributed by atoms with Crippen LogP contribution in [0.4, 0.5) is 13.6 Å². The third kappa shape index (κ3) is 3.03. The van der Waals surface area contributed by atoms with E-state index in [2.05, 4.69) is 10.1 Å². The second kappa shape index (κ2) is 4.90. The van der Waals surface area contributed by atoms with Crippen molar-refractivity contribution in [1.82, 2.24) is 10.2 Å². The van der Waals surface area contributed by atoms with Crippen LogP contribution in [0.1, 0.15) is 6.42 Å². The average Bonchev–Trinajstić information content (AvgIpc) is 2.64. The Morgan fingerprint density at radius 3 is 2.73 bits per heavy atom. The summed E-state index contributed by atoms with van der Waals surface area (Å²) < 4.78 is 28.4. The molecule has 1 aliphatic heterocycles. The third-order valence-corrected chi connectivity index (χ3v) is 2.19. The highest BCUT2D eigenvalue weighted by molar-refractivity contribution is 5.79. The van der Waals surface area contributed by atoms with Gasteiger partial charge in [0.1, 0.15) is 0 Å². The molecule has 1 rings (SSSR count). The van der Waals surface area contributed by atoms with Gasteiger partial charge in [-0.05, 0) is 6.42 Å². The molecule has 1 heterocycles. The van der Waals surface area contributed by atoms with Crippen molar-refractivity contribution in [2.24, 2.45) is 0 Å². The molecule has 0 aromatic rings. The van der Waals surface area contributed by atoms with E-state index in [1.165, 1.54) is 7.11 Å². The summed E-state index contributed by atoms with van der Waals surface area (Å²) in [6, 6.07) is -0.305. The van der Waals surface area contributed by atoms with E-state index in [-0.39, 0.29) is 19.1 Å². The number of hydrogen-bond donors (Lipinski definition) is 1. The Balaban J connectivity index is 2.39. The summed E-state index contributed by atoms with van der Waals surface area (Å²) in [5.41, 5.74) is 0. The summed E-state index contributed by atoms with van der Waals surface area (Å²) in [6.45, 7) is 0.343. The van der Waals surface area contributed by atoms with E-state index in [9.17, 15) is 18.4 Å². The zero-order valence-corrected chi connectivity index (χ0v) is 8.20. The maximum absolute atomic E-state index is 12.0. The van der Waals surface area contributed by atoms with Crippen molar-refractivity contribution in [3.63, 3.8) is 0 Å². The fourth-order valence-corrected chi connectivity index (χ4v) is 1.44. The van der Waals surface area contributed by atoms with E-state index >= 15 is 0 Å². The van der Waals surface area contributed by atoms with E-state index in [0.29, 0.717) is 6.42 Å². The number of hydrogen-bond acceptors (Lipinski definition) is 3. The number of methoxy groups -OCH3 is 1. The molecule has 0 saturated carbocycles. The Bertz CT molecular complexity index is 260. The summed E-state index contributed by atoms with van der Waals surface area (Å²) in [5.74, 6) is -1.19. The molecule has 15 heavy (non-hydrogen) atoms. The number of rotatable bonds is 2. The van der Waals surface area contributed by atoms with Crippen LogP contribution in [0.15, 0.2) is 0 Å². The third-order valence-electron chi connectivity index (χ3n) is 2.19. The molecular formula is C8H12F2N2O3. The lowest BCUT2D eigenvalue weighted by molar-refractivity contribution is -0.141. The SMILES string of the molecule is COC(=O)NC1CCN(C(=O)C(F)F)C1. The van der Waals surface area contributed by atoms with Gasteiger partial charge in [-0.25, -0.2) is 4.79 Å². The summed E-state index contributed by atoms with van der Waals surface area (Å²) in [4.78, 5) is 22.7. The molecule has 0 aromatic carbocycles. The number of nitrogens with zero attached hydrogens (tertiary/aromatic N) is 1. The van der Waals surface area contributed by atoms with Crippen molar-refractivity contribution in [3.8, 4) is 0 Å². The zero-order chi connectivity index (χ0) is 11.4. The number of nitrogens with one attached hydrogen (secondary N) is 1. The van der Waals surface area contributed by atoms with Gasteiger partial charge in [0.2, 0.25) is 0 Å². The molecule has 1 saturated heterocycles. The van der Waals surface area contributed by atoms with Crippen molar-refractivity contribution >= 4 is 12.0 Å². The maximum Gasteiger partial charge on any atom is 0.407 e. The topological polar surface area (TPSA) is 58.6 Å². The largest absolute Gasteiger partial charge is 0.453 e. The second-order valence-electron chi connectivity index (χ2n) is 3.21. The van der Waals surface area contributed by atoms with E-state index in [1.54, 1.807) is 0 Å². The fraction of sp³-hybridized carbons (Fsp3) is 0.750. The first kappa shape index (κ1) is 11.7. The van der Waals surface area contributed by atoms with Gasteiger partial charge in [0.15, 0.2) is 0 Å². The number of likely N-dealkylation sites (tertiary alicyclic amines) is 1. The molecule has 1 fully saturated rings. The van der Waals surface area contributed by atoms with Gasteiger partial charge < -0.3 is 15.0 Å². The van der Waals surface area contributed by atoms with Crippen molar-refractivity contribution in [2.75, 3.05) is 20.2 Å². The Labute approximate surface area is 85.4 Å². The first-order chi connectivity index (χ1) is 7.04. The van der Waals surface area contributed by atoms with Crippen LogP contribution in [0.5, 0.6) is 0 Å². The zero-order valence-electron chi connectivity index (χ0n) is 8.20. The van der Waals surface area contributed by atoms with Crippen LogP contribution in [0.25, 0.3) is 0 Å². The monoisotopic (exact) mass is 222 g/mol. The number of carbonyl (C=O) groups is 2. The van der Waals surface area contributed by atoms with Gasteiger partial charge in [0.05, 0.1) is 13.2 Å². The first-order valence-corrected chi connectivity index (χ1v) is 4.46. The summed E-state index contributed by atoms with van der Waals surface area (Å²) in [6.07, 6.45) is -3.14. The Hall–Kier alpha value is -1.40. The second-order valence-corrected chi connectivity index (χ2v) is 3.21. The summed E-state index contributed by atoms with van der Waals surface area (Å²) >= 11 is 0. The molecule has 2 amide bonds. The van der Waals surface area contributed by atoms with Crippen LogP contribution >= 0.6 is 0 Å². The van der Waals surface area contributed by atoms with Crippen molar-refractivity contribution in [1.29, 1.82) is 0 Å². The normalized spacial score (nSPS) is 20.5. The van der Waals surface area contributed by atoms with Gasteiger partial charge in [-0.15, -0.1) is 0 Å². The summed E-state index contributed by atoms with van der Waals surface area (Å²) in [5, 5.41) is 2.45. The van der Waals surface area contributed by atoms with Gasteiger partial charge in [0.25, 0.3) is 5.91 Å². The van der Waals surface area contributed by atoms with Gasteiger partial charge in [0, 0.05) is 13.1 Å². The van der Waals surface area contributed by atoms with Crippen LogP contribution < -0.4 is 5.32 Å². The number of carbonyl (C=O) groups excluding carboxylic acids is 2. The lowest BCUT2D eigenvalue weighted by Gasteiger charge is -2.15. The molecule has 86 valence electrons. The van der Waals surface area contributed by atoms with E-state index in [1.807, 2.05) is 0 Å². The molecule has 1 atom stereocenters. The molecule has 0 spiro atoms. The van der Waals surface area contributed by atoms with Crippen LogP contribution in [-0.4, -0.2) is 49.6 Å². The summed E-state index contributed by atoms with van der Waals surface area (Å²) in [7, 11) is 1.21. The number of amides is 2. The van der Waals surface area contributed by atoms with E-state index < -0.39 is 18.4 Å². The fourth-order valence-electron chi connectivity index (χ4n) is 1.44. The van der Waals surface area contributed by atoms with Crippen molar-refractivity contribution in [2.45, 2.75) is 18.9 Å². The smallest absolute Gasteiger partial charge is 0.407 e. The lowest BCUT2D eigenvalue weighted by atomic mass is 10.3. The first-order valence-electron chi connectivity index (χ1n) is 4.46. The van der Waals surface area contributed by atoms with Gasteiger partial charge in [-0.3, -0.25) is 4.79 Å². The maximum atomic E-state index is 12.0. The lowest BCUT2D eigenvalue weighted by Crippen LogP contribution is -2.39. The van der Waals surface area contributed by atoms with Crippen LogP contribution in [0, 0.1) is 0 Å². The molecule has 0 radical (unpaired) electrons. The predicted octanol–water partition coefficient (Wildman–Crippen LogP) is 0.208. The van der Waals surface area contributed by atoms with E-state index in [4.69, 9.17) is 0 Å². The average molecular weight is 222 g/mol. The molecule has 0 aromatic heterocycles. The van der Waals surface area contributed by atoms with Gasteiger partial charge in [-0.1, -0.05) is 0 Å². The minimum Gasteiger partial charge on any atom is -0.453 e. The highest BCUT2D eigenvalue weighted by Crippen LogP contribution is 2.12. The van der Waals surface area contributed by atoms with Gasteiger partial charge in [-0.2, -0.15) is 8.78 Å². The molecule has 1 N–H and O–H groups in total.